The normalized spacial score (nSPS) is 23.2. The molecule has 0 saturated heterocycles. The van der Waals surface area contributed by atoms with E-state index >= 15 is 0 Å². The average Bonchev–Trinajstić information content (AvgIpc) is 1.94. The Kier molecular flexibility index (Phi) is 2.14. The van der Waals surface area contributed by atoms with Gasteiger partial charge in [0.2, 0.25) is 0 Å². The maximum absolute atomic E-state index is 10.5. The molecule has 0 aliphatic carbocycles. The fourth-order valence-corrected chi connectivity index (χ4v) is 1.02. The second kappa shape index (κ2) is 2.92. The molecular weight excluding hydrogens is 162 g/mol. The Balaban J connectivity index is 2.90. The summed E-state index contributed by atoms with van der Waals surface area (Å²) in [5, 5.41) is 8.62. The minimum atomic E-state index is -0.939. The van der Waals surface area contributed by atoms with Crippen molar-refractivity contribution < 1.29 is 9.90 Å². The molecule has 0 saturated carbocycles. The largest absolute Gasteiger partial charge is 0.480 e. The maximum atomic E-state index is 10.5. The summed E-state index contributed by atoms with van der Waals surface area (Å²) in [7, 11) is 0. The van der Waals surface area contributed by atoms with Crippen molar-refractivity contribution in [3.63, 3.8) is 0 Å². The van der Waals surface area contributed by atoms with E-state index in [9.17, 15) is 4.79 Å². The van der Waals surface area contributed by atoms with Crippen molar-refractivity contribution in [3.8, 4) is 0 Å². The van der Waals surface area contributed by atoms with Gasteiger partial charge in [0.1, 0.15) is 10.9 Å². The van der Waals surface area contributed by atoms with Crippen LogP contribution in [0.15, 0.2) is 16.6 Å². The van der Waals surface area contributed by atoms with E-state index in [1.54, 1.807) is 19.2 Å². The van der Waals surface area contributed by atoms with Crippen molar-refractivity contribution in [1.82, 2.24) is 0 Å². The number of carbonyl (C=O) groups is 1. The number of aliphatic imine (C=N–C) groups is 1. The third kappa shape index (κ3) is 1.71. The molecule has 0 fully saturated rings. The molecule has 0 aromatic rings. The first-order valence-electron chi connectivity index (χ1n) is 3.10. The van der Waals surface area contributed by atoms with Gasteiger partial charge >= 0.3 is 5.97 Å². The fourth-order valence-electron chi connectivity index (χ4n) is 0.800. The lowest BCUT2D eigenvalue weighted by Crippen LogP contribution is -2.21. The number of hydrogen-bond donors (Lipinski definition) is 1. The lowest BCUT2D eigenvalue weighted by molar-refractivity contribution is -0.138. The zero-order chi connectivity index (χ0) is 8.43. The van der Waals surface area contributed by atoms with Gasteiger partial charge in [0.25, 0.3) is 0 Å². The van der Waals surface area contributed by atoms with Gasteiger partial charge < -0.3 is 5.11 Å². The number of aliphatic carboxylic acids is 1. The smallest absolute Gasteiger partial charge is 0.317 e. The maximum Gasteiger partial charge on any atom is 0.317 e. The molecule has 11 heavy (non-hydrogen) atoms. The second-order valence-electron chi connectivity index (χ2n) is 2.32. The molecule has 0 aromatic carbocycles. The predicted octanol–water partition coefficient (Wildman–Crippen LogP) is 1.05. The van der Waals surface area contributed by atoms with Crippen molar-refractivity contribution in [2.75, 3.05) is 0 Å². The monoisotopic (exact) mass is 169 g/mol. The molecule has 1 N–H and O–H groups in total. The highest BCUT2D eigenvalue weighted by Crippen LogP contribution is 2.11. The molecular formula is C7H7NO2S. The summed E-state index contributed by atoms with van der Waals surface area (Å²) in [6.07, 6.45) is 3.17. The Hall–Kier alpha value is -1.03. The molecule has 0 aromatic heterocycles. The van der Waals surface area contributed by atoms with Crippen molar-refractivity contribution in [2.24, 2.45) is 10.9 Å². The summed E-state index contributed by atoms with van der Waals surface area (Å²) in [6.45, 7) is 1.79. The number of allylic oxidation sites excluding steroid dienone is 1. The molecule has 1 aliphatic heterocycles. The first kappa shape index (κ1) is 8.07. The van der Waals surface area contributed by atoms with E-state index in [1.807, 2.05) is 0 Å². The number of hydrogen-bond acceptors (Lipinski definition) is 2. The fraction of sp³-hybridized carbons (Fsp3) is 0.286. The van der Waals surface area contributed by atoms with Crippen LogP contribution in [0.1, 0.15) is 6.92 Å². The van der Waals surface area contributed by atoms with E-state index in [0.717, 1.165) is 5.57 Å². The van der Waals surface area contributed by atoms with E-state index in [1.165, 1.54) is 0 Å². The Bertz CT molecular complexity index is 268. The molecule has 4 heteroatoms. The van der Waals surface area contributed by atoms with Crippen molar-refractivity contribution in [2.45, 2.75) is 6.92 Å². The first-order valence-corrected chi connectivity index (χ1v) is 3.51. The summed E-state index contributed by atoms with van der Waals surface area (Å²) in [4.78, 5) is 14.5. The molecule has 0 amide bonds. The Morgan fingerprint density at radius 2 is 2.45 bits per heavy atom. The van der Waals surface area contributed by atoms with Crippen molar-refractivity contribution in [3.05, 3.63) is 11.6 Å². The zero-order valence-corrected chi connectivity index (χ0v) is 6.76. The Morgan fingerprint density at radius 3 is 2.91 bits per heavy atom. The number of carboxylic acids is 1. The highest BCUT2D eigenvalue weighted by Gasteiger charge is 2.21. The van der Waals surface area contributed by atoms with Crippen molar-refractivity contribution >= 4 is 29.4 Å². The number of rotatable bonds is 1. The van der Waals surface area contributed by atoms with Gasteiger partial charge in [0, 0.05) is 6.21 Å². The third-order valence-corrected chi connectivity index (χ3v) is 1.72. The van der Waals surface area contributed by atoms with Gasteiger partial charge in [-0.15, -0.1) is 0 Å². The number of thiocarbonyl (C=S) groups is 1. The molecule has 58 valence electrons. The number of carboxylic acid groups (broad SMARTS) is 1. The van der Waals surface area contributed by atoms with Crippen LogP contribution in [0.3, 0.4) is 0 Å². The average molecular weight is 169 g/mol. The summed E-state index contributed by atoms with van der Waals surface area (Å²) in [5.74, 6) is -1.65. The molecule has 0 spiro atoms. The molecule has 1 rings (SSSR count). The summed E-state index contributed by atoms with van der Waals surface area (Å²) in [5.41, 5.74) is 0.839. The van der Waals surface area contributed by atoms with Crippen molar-refractivity contribution in [1.29, 1.82) is 0 Å². The van der Waals surface area contributed by atoms with Gasteiger partial charge in [0.05, 0.1) is 0 Å². The molecule has 1 heterocycles. The van der Waals surface area contributed by atoms with Gasteiger partial charge in [-0.3, -0.25) is 4.79 Å². The van der Waals surface area contributed by atoms with Crippen LogP contribution >= 0.6 is 12.2 Å². The van der Waals surface area contributed by atoms with Gasteiger partial charge in [-0.2, -0.15) is 0 Å². The topological polar surface area (TPSA) is 49.7 Å². The van der Waals surface area contributed by atoms with Crippen LogP contribution in [0.25, 0.3) is 0 Å². The summed E-state index contributed by atoms with van der Waals surface area (Å²) >= 11 is 4.73. The molecule has 0 radical (unpaired) electrons. The third-order valence-electron chi connectivity index (χ3n) is 1.36. The van der Waals surface area contributed by atoms with Crippen LogP contribution in [-0.4, -0.2) is 22.3 Å². The lowest BCUT2D eigenvalue weighted by Gasteiger charge is -2.09. The van der Waals surface area contributed by atoms with Crippen LogP contribution in [0.4, 0.5) is 0 Å². The van der Waals surface area contributed by atoms with E-state index < -0.39 is 11.9 Å². The molecule has 1 unspecified atom stereocenters. The Morgan fingerprint density at radius 1 is 1.82 bits per heavy atom. The second-order valence-corrected chi connectivity index (χ2v) is 2.74. The van der Waals surface area contributed by atoms with E-state index in [-0.39, 0.29) is 4.99 Å². The van der Waals surface area contributed by atoms with Gasteiger partial charge in [-0.05, 0) is 12.5 Å². The minimum Gasteiger partial charge on any atom is -0.480 e. The van der Waals surface area contributed by atoms with E-state index in [2.05, 4.69) is 4.99 Å². The predicted molar refractivity (Wildman–Crippen MR) is 46.0 cm³/mol. The highest BCUT2D eigenvalue weighted by atomic mass is 32.1. The van der Waals surface area contributed by atoms with Crippen LogP contribution in [0, 0.1) is 5.92 Å². The molecule has 3 nitrogen and oxygen atoms in total. The van der Waals surface area contributed by atoms with Crippen LogP contribution < -0.4 is 0 Å². The summed E-state index contributed by atoms with van der Waals surface area (Å²) in [6, 6.07) is 0. The SMILES string of the molecule is CC1=CC(C(=O)O)C(=S)N=C1. The standard InChI is InChI=1S/C7H7NO2S/c1-4-2-5(7(9)10)6(11)8-3-4/h2-3,5H,1H3,(H,9,10). The Labute approximate surface area is 69.4 Å². The highest BCUT2D eigenvalue weighted by molar-refractivity contribution is 7.80. The number of dihydropyridines is 1. The quantitative estimate of drug-likeness (QED) is 0.597. The van der Waals surface area contributed by atoms with Gasteiger partial charge in [-0.25, -0.2) is 4.99 Å². The zero-order valence-electron chi connectivity index (χ0n) is 5.94. The minimum absolute atomic E-state index is 0.225. The number of nitrogens with zero attached hydrogens (tertiary/aromatic N) is 1. The van der Waals surface area contributed by atoms with Crippen LogP contribution in [0.5, 0.6) is 0 Å². The lowest BCUT2D eigenvalue weighted by atomic mass is 10.0. The van der Waals surface area contributed by atoms with Gasteiger partial charge in [0.15, 0.2) is 0 Å². The van der Waals surface area contributed by atoms with Gasteiger partial charge in [-0.1, -0.05) is 18.3 Å². The molecule has 0 bridgehead atoms. The summed E-state index contributed by atoms with van der Waals surface area (Å²) < 4.78 is 0. The van der Waals surface area contributed by atoms with E-state index in [4.69, 9.17) is 17.3 Å². The molecule has 1 atom stereocenters. The van der Waals surface area contributed by atoms with Crippen LogP contribution in [-0.2, 0) is 4.79 Å². The van der Waals surface area contributed by atoms with Crippen LogP contribution in [0.2, 0.25) is 0 Å². The molecule has 1 aliphatic rings. The first-order chi connectivity index (χ1) is 5.11. The van der Waals surface area contributed by atoms with E-state index in [0.29, 0.717) is 0 Å².